The molecule has 0 aliphatic carbocycles. The van der Waals surface area contributed by atoms with E-state index in [9.17, 15) is 4.79 Å². The van der Waals surface area contributed by atoms with Crippen LogP contribution >= 0.6 is 12.4 Å². The van der Waals surface area contributed by atoms with E-state index in [1.54, 1.807) is 24.3 Å². The average molecular weight is 455 g/mol. The first-order valence-electron chi connectivity index (χ1n) is 9.83. The third-order valence-electron chi connectivity index (χ3n) is 4.74. The van der Waals surface area contributed by atoms with Gasteiger partial charge in [-0.1, -0.05) is 12.1 Å². The number of hydrogen-bond acceptors (Lipinski definition) is 6. The van der Waals surface area contributed by atoms with Crippen molar-refractivity contribution >= 4 is 35.6 Å². The van der Waals surface area contributed by atoms with Crippen molar-refractivity contribution < 1.29 is 14.3 Å². The predicted octanol–water partition coefficient (Wildman–Crippen LogP) is 4.37. The fourth-order valence-corrected chi connectivity index (χ4v) is 3.23. The number of benzene rings is 3. The molecule has 32 heavy (non-hydrogen) atoms. The Kier molecular flexibility index (Phi) is 8.49. The number of methoxy groups -OCH3 is 1. The molecule has 168 valence electrons. The number of ether oxygens (including phenoxy) is 2. The number of rotatable bonds is 8. The molecule has 3 aromatic rings. The molecule has 0 bridgehead atoms. The number of hydrogen-bond donors (Lipinski definition) is 4. The lowest BCUT2D eigenvalue weighted by atomic mass is 9.98. The highest BCUT2D eigenvalue weighted by molar-refractivity contribution is 5.95. The minimum absolute atomic E-state index is 0. The summed E-state index contributed by atoms with van der Waals surface area (Å²) in [7, 11) is 1.35. The van der Waals surface area contributed by atoms with Crippen LogP contribution < -0.4 is 21.5 Å². The third-order valence-corrected chi connectivity index (χ3v) is 4.74. The summed E-state index contributed by atoms with van der Waals surface area (Å²) in [4.78, 5) is 12.7. The molecule has 3 rings (SSSR count). The molecule has 0 aliphatic heterocycles. The van der Waals surface area contributed by atoms with Crippen LogP contribution in [0.15, 0.2) is 66.7 Å². The van der Waals surface area contributed by atoms with E-state index in [1.165, 1.54) is 7.11 Å². The molecule has 0 aliphatic rings. The minimum Gasteiger partial charge on any atom is -0.494 e. The van der Waals surface area contributed by atoms with Gasteiger partial charge in [0.1, 0.15) is 11.6 Å². The summed E-state index contributed by atoms with van der Waals surface area (Å²) in [5.74, 6) is 0.176. The van der Waals surface area contributed by atoms with Crippen LogP contribution in [0.1, 0.15) is 24.1 Å². The number of halogens is 1. The Morgan fingerprint density at radius 1 is 1.06 bits per heavy atom. The van der Waals surface area contributed by atoms with Crippen LogP contribution in [0.5, 0.6) is 5.75 Å². The maximum atomic E-state index is 12.7. The minimum atomic E-state index is -0.770. The summed E-state index contributed by atoms with van der Waals surface area (Å²) < 4.78 is 10.8. The van der Waals surface area contributed by atoms with Gasteiger partial charge in [0.25, 0.3) is 0 Å². The molecule has 1 atom stereocenters. The topological polar surface area (TPSA) is 123 Å². The number of nitrogen functional groups attached to an aromatic ring is 2. The van der Waals surface area contributed by atoms with Gasteiger partial charge in [-0.3, -0.25) is 5.41 Å². The van der Waals surface area contributed by atoms with Gasteiger partial charge >= 0.3 is 5.97 Å². The van der Waals surface area contributed by atoms with E-state index in [4.69, 9.17) is 26.4 Å². The van der Waals surface area contributed by atoms with Gasteiger partial charge in [0, 0.05) is 16.9 Å². The molecule has 8 heteroatoms. The van der Waals surface area contributed by atoms with Crippen LogP contribution in [0.2, 0.25) is 0 Å². The number of anilines is 2. The Bertz CT molecular complexity index is 1090. The normalized spacial score (nSPS) is 11.1. The van der Waals surface area contributed by atoms with Crippen molar-refractivity contribution in [3.63, 3.8) is 0 Å². The molecule has 0 saturated carbocycles. The lowest BCUT2D eigenvalue weighted by Gasteiger charge is -2.20. The molecule has 0 spiro atoms. The Morgan fingerprint density at radius 2 is 1.78 bits per heavy atom. The molecule has 1 unspecified atom stereocenters. The molecule has 0 amide bonds. The number of nitrogens with one attached hydrogen (secondary N) is 2. The van der Waals surface area contributed by atoms with Crippen LogP contribution in [0.3, 0.4) is 0 Å². The number of esters is 1. The van der Waals surface area contributed by atoms with E-state index < -0.39 is 12.0 Å². The highest BCUT2D eigenvalue weighted by Crippen LogP contribution is 2.32. The summed E-state index contributed by atoms with van der Waals surface area (Å²) >= 11 is 0. The van der Waals surface area contributed by atoms with Crippen molar-refractivity contribution in [2.24, 2.45) is 5.73 Å². The van der Waals surface area contributed by atoms with E-state index in [0.717, 1.165) is 11.1 Å². The van der Waals surface area contributed by atoms with Crippen LogP contribution in [0, 0.1) is 5.41 Å². The quantitative estimate of drug-likeness (QED) is 0.173. The predicted molar refractivity (Wildman–Crippen MR) is 131 cm³/mol. The van der Waals surface area contributed by atoms with Crippen molar-refractivity contribution in [1.29, 1.82) is 5.41 Å². The molecular formula is C24H27ClN4O3. The monoisotopic (exact) mass is 454 g/mol. The summed E-state index contributed by atoms with van der Waals surface area (Å²) in [6.07, 6.45) is 0. The zero-order chi connectivity index (χ0) is 22.4. The van der Waals surface area contributed by atoms with E-state index in [-0.39, 0.29) is 18.2 Å². The molecule has 7 nitrogen and oxygen atoms in total. The van der Waals surface area contributed by atoms with Gasteiger partial charge in [0.2, 0.25) is 0 Å². The highest BCUT2D eigenvalue weighted by Gasteiger charge is 2.23. The lowest BCUT2D eigenvalue weighted by molar-refractivity contribution is -0.141. The molecule has 0 saturated heterocycles. The number of carbonyl (C=O) groups is 1. The summed E-state index contributed by atoms with van der Waals surface area (Å²) in [5, 5.41) is 10.7. The molecule has 0 radical (unpaired) electrons. The molecule has 0 aromatic heterocycles. The molecule has 0 heterocycles. The lowest BCUT2D eigenvalue weighted by Crippen LogP contribution is -2.22. The van der Waals surface area contributed by atoms with E-state index in [2.05, 4.69) is 5.32 Å². The van der Waals surface area contributed by atoms with Crippen LogP contribution in [0.25, 0.3) is 11.1 Å². The van der Waals surface area contributed by atoms with Gasteiger partial charge in [-0.05, 0) is 78.2 Å². The second-order valence-corrected chi connectivity index (χ2v) is 6.94. The van der Waals surface area contributed by atoms with Crippen molar-refractivity contribution in [2.45, 2.75) is 13.0 Å². The summed E-state index contributed by atoms with van der Waals surface area (Å²) in [6.45, 7) is 2.39. The van der Waals surface area contributed by atoms with Gasteiger partial charge in [-0.25, -0.2) is 4.79 Å². The Hall–Kier alpha value is -3.71. The standard InChI is InChI=1S/C24H26N4O3.ClH/c1-3-31-21-13-17(16-5-4-6-19(25)12-16)11-18(14-21)22(24(29)30-2)28-20-9-7-15(8-10-20)23(26)27;/h4-14,22,28H,3,25H2,1-2H3,(H3,26,27);1H. The zero-order valence-electron chi connectivity index (χ0n) is 17.9. The first-order chi connectivity index (χ1) is 14.9. The second kappa shape index (κ2) is 11.1. The first kappa shape index (κ1) is 24.6. The van der Waals surface area contributed by atoms with Crippen molar-refractivity contribution in [3.8, 4) is 16.9 Å². The van der Waals surface area contributed by atoms with Crippen molar-refractivity contribution in [2.75, 3.05) is 24.8 Å². The van der Waals surface area contributed by atoms with Crippen LogP contribution in [-0.2, 0) is 9.53 Å². The largest absolute Gasteiger partial charge is 0.494 e. The third kappa shape index (κ3) is 5.92. The fraction of sp³-hybridized carbons (Fsp3) is 0.167. The zero-order valence-corrected chi connectivity index (χ0v) is 18.7. The van der Waals surface area contributed by atoms with E-state index in [0.29, 0.717) is 34.9 Å². The average Bonchev–Trinajstić information content (AvgIpc) is 2.77. The molecule has 0 fully saturated rings. The summed E-state index contributed by atoms with van der Waals surface area (Å²) in [5.41, 5.74) is 15.9. The Balaban J connectivity index is 0.00000363. The second-order valence-electron chi connectivity index (χ2n) is 6.94. The number of carbonyl (C=O) groups excluding carboxylic acids is 1. The number of amidine groups is 1. The van der Waals surface area contributed by atoms with Gasteiger partial charge in [-0.2, -0.15) is 0 Å². The van der Waals surface area contributed by atoms with Crippen molar-refractivity contribution in [1.82, 2.24) is 0 Å². The van der Waals surface area contributed by atoms with E-state index >= 15 is 0 Å². The molecule has 3 aromatic carbocycles. The first-order valence-corrected chi connectivity index (χ1v) is 9.83. The smallest absolute Gasteiger partial charge is 0.332 e. The van der Waals surface area contributed by atoms with Crippen LogP contribution in [0.4, 0.5) is 11.4 Å². The maximum absolute atomic E-state index is 12.7. The summed E-state index contributed by atoms with van der Waals surface area (Å²) in [6, 6.07) is 19.4. The van der Waals surface area contributed by atoms with E-state index in [1.807, 2.05) is 49.4 Å². The fourth-order valence-electron chi connectivity index (χ4n) is 3.23. The van der Waals surface area contributed by atoms with Gasteiger partial charge in [0.05, 0.1) is 13.7 Å². The van der Waals surface area contributed by atoms with Crippen molar-refractivity contribution in [3.05, 3.63) is 77.9 Å². The van der Waals surface area contributed by atoms with Crippen LogP contribution in [-0.4, -0.2) is 25.5 Å². The highest BCUT2D eigenvalue weighted by atomic mass is 35.5. The van der Waals surface area contributed by atoms with Gasteiger partial charge in [-0.15, -0.1) is 12.4 Å². The Labute approximate surface area is 193 Å². The van der Waals surface area contributed by atoms with Gasteiger partial charge in [0.15, 0.2) is 6.04 Å². The molecule has 6 N–H and O–H groups in total. The number of nitrogens with two attached hydrogens (primary N) is 2. The SMILES string of the molecule is CCOc1cc(-c2cccc(N)c2)cc(C(Nc2ccc(C(=N)N)cc2)C(=O)OC)c1.Cl. The van der Waals surface area contributed by atoms with Gasteiger partial charge < -0.3 is 26.3 Å². The molecular weight excluding hydrogens is 428 g/mol. The maximum Gasteiger partial charge on any atom is 0.332 e. The Morgan fingerprint density at radius 3 is 2.38 bits per heavy atom.